The third-order valence-corrected chi connectivity index (χ3v) is 4.56. The summed E-state index contributed by atoms with van der Waals surface area (Å²) >= 11 is 0. The second-order valence-electron chi connectivity index (χ2n) is 7.68. The van der Waals surface area contributed by atoms with Gasteiger partial charge in [-0.15, -0.1) is 0 Å². The second-order valence-corrected chi connectivity index (χ2v) is 7.68. The zero-order chi connectivity index (χ0) is 17.9. The molecule has 2 N–H and O–H groups in total. The predicted molar refractivity (Wildman–Crippen MR) is 95.7 cm³/mol. The van der Waals surface area contributed by atoms with Gasteiger partial charge in [-0.2, -0.15) is 0 Å². The molecule has 2 amide bonds. The largest absolute Gasteiger partial charge is 0.339 e. The summed E-state index contributed by atoms with van der Waals surface area (Å²) in [4.78, 5) is 28.9. The molecule has 0 spiro atoms. The van der Waals surface area contributed by atoms with Gasteiger partial charge in [-0.05, 0) is 30.9 Å². The van der Waals surface area contributed by atoms with Gasteiger partial charge < -0.3 is 15.5 Å². The highest BCUT2D eigenvalue weighted by molar-refractivity contribution is 5.94. The summed E-state index contributed by atoms with van der Waals surface area (Å²) in [5, 5.41) is 0. The van der Waals surface area contributed by atoms with E-state index >= 15 is 0 Å². The Morgan fingerprint density at radius 3 is 2.33 bits per heavy atom. The van der Waals surface area contributed by atoms with Gasteiger partial charge in [0.05, 0.1) is 6.04 Å². The summed E-state index contributed by atoms with van der Waals surface area (Å²) in [6, 6.07) is 7.12. The quantitative estimate of drug-likeness (QED) is 0.902. The van der Waals surface area contributed by atoms with Crippen molar-refractivity contribution in [2.75, 3.05) is 26.2 Å². The molecule has 5 heteroatoms. The standard InChI is InChI=1S/C19H29N3O2/c1-14-7-5-8-15(13-14)17(23)21-9-6-10-22(12-11-21)18(24)16(20)19(2,3)4/h5,7-8,13,16H,6,9-12,20H2,1-4H3/t16-/m1/s1. The van der Waals surface area contributed by atoms with Gasteiger partial charge in [0, 0.05) is 31.7 Å². The Hall–Kier alpha value is -1.88. The van der Waals surface area contributed by atoms with Crippen molar-refractivity contribution >= 4 is 11.8 Å². The van der Waals surface area contributed by atoms with Crippen LogP contribution in [0.3, 0.4) is 0 Å². The first-order valence-electron chi connectivity index (χ1n) is 8.60. The van der Waals surface area contributed by atoms with Crippen molar-refractivity contribution in [1.29, 1.82) is 0 Å². The lowest BCUT2D eigenvalue weighted by molar-refractivity contribution is -0.134. The maximum absolute atomic E-state index is 12.7. The molecule has 1 aliphatic rings. The lowest BCUT2D eigenvalue weighted by atomic mass is 9.86. The maximum atomic E-state index is 12.7. The molecule has 1 fully saturated rings. The maximum Gasteiger partial charge on any atom is 0.253 e. The second kappa shape index (κ2) is 7.34. The normalized spacial score (nSPS) is 17.4. The number of rotatable bonds is 2. The first-order chi connectivity index (χ1) is 11.2. The molecule has 0 aliphatic carbocycles. The number of carbonyl (C=O) groups excluding carboxylic acids is 2. The summed E-state index contributed by atoms with van der Waals surface area (Å²) in [5.41, 5.74) is 7.63. The van der Waals surface area contributed by atoms with Crippen molar-refractivity contribution in [3.05, 3.63) is 35.4 Å². The van der Waals surface area contributed by atoms with Crippen molar-refractivity contribution in [3.8, 4) is 0 Å². The first-order valence-corrected chi connectivity index (χ1v) is 8.60. The number of nitrogens with two attached hydrogens (primary N) is 1. The lowest BCUT2D eigenvalue weighted by Crippen LogP contribution is -2.51. The SMILES string of the molecule is Cc1cccc(C(=O)N2CCCN(C(=O)[C@@H](N)C(C)(C)C)CC2)c1. The molecule has 1 atom stereocenters. The number of aryl methyl sites for hydroxylation is 1. The molecule has 0 bridgehead atoms. The molecule has 0 unspecified atom stereocenters. The average Bonchev–Trinajstić information content (AvgIpc) is 2.78. The van der Waals surface area contributed by atoms with Gasteiger partial charge in [-0.3, -0.25) is 9.59 Å². The van der Waals surface area contributed by atoms with E-state index in [1.165, 1.54) is 0 Å². The number of carbonyl (C=O) groups is 2. The van der Waals surface area contributed by atoms with Crippen molar-refractivity contribution in [3.63, 3.8) is 0 Å². The third kappa shape index (κ3) is 4.35. The van der Waals surface area contributed by atoms with Crippen LogP contribution in [0.2, 0.25) is 0 Å². The van der Waals surface area contributed by atoms with Gasteiger partial charge in [0.25, 0.3) is 5.91 Å². The Morgan fingerprint density at radius 1 is 1.08 bits per heavy atom. The minimum Gasteiger partial charge on any atom is -0.339 e. The van der Waals surface area contributed by atoms with E-state index in [1.54, 1.807) is 4.90 Å². The highest BCUT2D eigenvalue weighted by Gasteiger charge is 2.32. The molecule has 1 heterocycles. The predicted octanol–water partition coefficient (Wildman–Crippen LogP) is 2.04. The van der Waals surface area contributed by atoms with Crippen LogP contribution in [0.4, 0.5) is 0 Å². The average molecular weight is 331 g/mol. The molecule has 132 valence electrons. The van der Waals surface area contributed by atoms with Crippen molar-refractivity contribution in [1.82, 2.24) is 9.80 Å². The molecule has 5 nitrogen and oxygen atoms in total. The summed E-state index contributed by atoms with van der Waals surface area (Å²) < 4.78 is 0. The smallest absolute Gasteiger partial charge is 0.253 e. The summed E-state index contributed by atoms with van der Waals surface area (Å²) in [5.74, 6) is 0.0143. The molecule has 24 heavy (non-hydrogen) atoms. The minimum absolute atomic E-state index is 0.0210. The van der Waals surface area contributed by atoms with Crippen LogP contribution in [-0.2, 0) is 4.79 Å². The Bertz CT molecular complexity index is 607. The number of benzene rings is 1. The van der Waals surface area contributed by atoms with E-state index in [4.69, 9.17) is 5.73 Å². The lowest BCUT2D eigenvalue weighted by Gasteiger charge is -2.31. The van der Waals surface area contributed by atoms with Gasteiger partial charge in [-0.25, -0.2) is 0 Å². The van der Waals surface area contributed by atoms with E-state index in [1.807, 2.05) is 56.9 Å². The van der Waals surface area contributed by atoms with Gasteiger partial charge in [0.1, 0.15) is 0 Å². The monoisotopic (exact) mass is 331 g/mol. The molecular formula is C19H29N3O2. The van der Waals surface area contributed by atoms with E-state index in [2.05, 4.69) is 0 Å². The molecule has 0 radical (unpaired) electrons. The number of hydrogen-bond acceptors (Lipinski definition) is 3. The molecule has 0 aromatic heterocycles. The molecule has 2 rings (SSSR count). The van der Waals surface area contributed by atoms with Crippen LogP contribution < -0.4 is 5.73 Å². The third-order valence-electron chi connectivity index (χ3n) is 4.56. The Morgan fingerprint density at radius 2 is 1.71 bits per heavy atom. The van der Waals surface area contributed by atoms with Crippen LogP contribution in [0.5, 0.6) is 0 Å². The van der Waals surface area contributed by atoms with Crippen molar-refractivity contribution in [2.45, 2.75) is 40.2 Å². The summed E-state index contributed by atoms with van der Waals surface area (Å²) in [6.45, 7) is 10.3. The van der Waals surface area contributed by atoms with Crippen molar-refractivity contribution in [2.24, 2.45) is 11.1 Å². The molecular weight excluding hydrogens is 302 g/mol. The number of nitrogens with zero attached hydrogens (tertiary/aromatic N) is 2. The fourth-order valence-corrected chi connectivity index (χ4v) is 2.87. The van der Waals surface area contributed by atoms with Gasteiger partial charge in [-0.1, -0.05) is 38.5 Å². The van der Waals surface area contributed by atoms with Gasteiger partial charge in [0.15, 0.2) is 0 Å². The summed E-state index contributed by atoms with van der Waals surface area (Å²) in [7, 11) is 0. The van der Waals surface area contributed by atoms with Crippen LogP contribution in [0.25, 0.3) is 0 Å². The highest BCUT2D eigenvalue weighted by Crippen LogP contribution is 2.20. The van der Waals surface area contributed by atoms with E-state index in [-0.39, 0.29) is 17.2 Å². The fourth-order valence-electron chi connectivity index (χ4n) is 2.87. The topological polar surface area (TPSA) is 66.6 Å². The van der Waals surface area contributed by atoms with Crippen LogP contribution in [-0.4, -0.2) is 53.8 Å². The van der Waals surface area contributed by atoms with Gasteiger partial charge in [0.2, 0.25) is 5.91 Å². The van der Waals surface area contributed by atoms with Crippen LogP contribution in [0.15, 0.2) is 24.3 Å². The van der Waals surface area contributed by atoms with Crippen LogP contribution >= 0.6 is 0 Å². The zero-order valence-electron chi connectivity index (χ0n) is 15.2. The van der Waals surface area contributed by atoms with E-state index < -0.39 is 6.04 Å². The Balaban J connectivity index is 2.02. The molecule has 1 aromatic rings. The Labute approximate surface area is 144 Å². The minimum atomic E-state index is -0.517. The molecule has 1 saturated heterocycles. The van der Waals surface area contributed by atoms with Crippen molar-refractivity contribution < 1.29 is 9.59 Å². The number of amides is 2. The zero-order valence-corrected chi connectivity index (χ0v) is 15.2. The van der Waals surface area contributed by atoms with Gasteiger partial charge >= 0.3 is 0 Å². The highest BCUT2D eigenvalue weighted by atomic mass is 16.2. The molecule has 1 aromatic carbocycles. The fraction of sp³-hybridized carbons (Fsp3) is 0.579. The van der Waals surface area contributed by atoms with E-state index in [9.17, 15) is 9.59 Å². The number of hydrogen-bond donors (Lipinski definition) is 1. The summed E-state index contributed by atoms with van der Waals surface area (Å²) in [6.07, 6.45) is 0.778. The van der Waals surface area contributed by atoms with E-state index in [0.29, 0.717) is 31.7 Å². The molecule has 1 aliphatic heterocycles. The first kappa shape index (κ1) is 18.5. The Kier molecular flexibility index (Phi) is 5.65. The van der Waals surface area contributed by atoms with Crippen LogP contribution in [0, 0.1) is 12.3 Å². The molecule has 0 saturated carbocycles. The van der Waals surface area contributed by atoms with Crippen LogP contribution in [0.1, 0.15) is 43.1 Å². The van der Waals surface area contributed by atoms with E-state index in [0.717, 1.165) is 12.0 Å².